The monoisotopic (exact) mass is 327 g/mol. The average Bonchev–Trinajstić information content (AvgIpc) is 2.87. The Morgan fingerprint density at radius 2 is 2.19 bits per heavy atom. The minimum Gasteiger partial charge on any atom is -0.479 e. The predicted molar refractivity (Wildman–Crippen MR) is 69.4 cm³/mol. The van der Waals surface area contributed by atoms with Gasteiger partial charge in [0.15, 0.2) is 6.61 Å². The van der Waals surface area contributed by atoms with Gasteiger partial charge in [0.2, 0.25) is 5.01 Å². The van der Waals surface area contributed by atoms with Crippen LogP contribution in [0.25, 0.3) is 0 Å². The van der Waals surface area contributed by atoms with Crippen LogP contribution < -0.4 is 10.1 Å². The lowest BCUT2D eigenvalue weighted by molar-refractivity contribution is -0.139. The lowest BCUT2D eigenvalue weighted by atomic mass is 10.1. The van der Waals surface area contributed by atoms with Gasteiger partial charge in [-0.15, -0.1) is 5.10 Å². The molecular weight excluding hydrogens is 311 g/mol. The topological polar surface area (TPSA) is 84.3 Å². The molecule has 0 aliphatic carbocycles. The van der Waals surface area contributed by atoms with Gasteiger partial charge in [-0.05, 0) is 26.3 Å². The molecule has 1 aliphatic rings. The number of hydrogen-bond donors (Lipinski definition) is 2. The Balaban J connectivity index is 0.000000262. The number of aromatic nitrogens is 2. The van der Waals surface area contributed by atoms with Gasteiger partial charge in [-0.25, -0.2) is 4.79 Å². The molecule has 6 nitrogen and oxygen atoms in total. The van der Waals surface area contributed by atoms with Crippen LogP contribution in [0.2, 0.25) is 0 Å². The minimum absolute atomic E-state index is 0.149. The number of hydrogen-bond acceptors (Lipinski definition) is 6. The zero-order chi connectivity index (χ0) is 15.9. The Kier molecular flexibility index (Phi) is 6.82. The van der Waals surface area contributed by atoms with E-state index in [2.05, 4.69) is 27.2 Å². The fourth-order valence-corrected chi connectivity index (χ4v) is 2.09. The van der Waals surface area contributed by atoms with Crippen molar-refractivity contribution < 1.29 is 27.8 Å². The lowest BCUT2D eigenvalue weighted by Crippen LogP contribution is -2.30. The summed E-state index contributed by atoms with van der Waals surface area (Å²) in [5, 5.41) is 15.8. The third-order valence-corrected chi connectivity index (χ3v) is 3.41. The number of carbonyl (C=O) groups is 1. The van der Waals surface area contributed by atoms with Crippen molar-refractivity contribution in [3.05, 3.63) is 5.01 Å². The predicted octanol–water partition coefficient (Wildman–Crippen LogP) is 2.17. The summed E-state index contributed by atoms with van der Waals surface area (Å²) in [6, 6.07) is 0.786. The molecule has 0 spiro atoms. The first-order valence-corrected chi connectivity index (χ1v) is 7.09. The summed E-state index contributed by atoms with van der Waals surface area (Å²) in [4.78, 5) is 9.99. The third-order valence-electron chi connectivity index (χ3n) is 2.52. The van der Waals surface area contributed by atoms with E-state index in [0.29, 0.717) is 0 Å². The van der Waals surface area contributed by atoms with Crippen LogP contribution in [-0.4, -0.2) is 40.5 Å². The van der Waals surface area contributed by atoms with Crippen LogP contribution in [0.15, 0.2) is 0 Å². The first-order valence-electron chi connectivity index (χ1n) is 6.27. The Morgan fingerprint density at radius 3 is 2.57 bits per heavy atom. The van der Waals surface area contributed by atoms with E-state index in [-0.39, 0.29) is 11.3 Å². The van der Waals surface area contributed by atoms with Gasteiger partial charge in [0.25, 0.3) is 5.19 Å². The zero-order valence-electron chi connectivity index (χ0n) is 11.3. The molecule has 2 rings (SSSR count). The molecule has 1 aromatic heterocycles. The van der Waals surface area contributed by atoms with Crippen LogP contribution >= 0.6 is 11.3 Å². The van der Waals surface area contributed by atoms with Crippen LogP contribution in [0, 0.1) is 0 Å². The van der Waals surface area contributed by atoms with Crippen LogP contribution in [0.1, 0.15) is 31.2 Å². The maximum atomic E-state index is 11.9. The zero-order valence-corrected chi connectivity index (χ0v) is 12.1. The molecule has 1 aromatic rings. The van der Waals surface area contributed by atoms with E-state index >= 15 is 0 Å². The van der Waals surface area contributed by atoms with Gasteiger partial charge in [0, 0.05) is 6.04 Å². The van der Waals surface area contributed by atoms with Crippen molar-refractivity contribution in [2.24, 2.45) is 0 Å². The maximum Gasteiger partial charge on any atom is 0.445 e. The minimum atomic E-state index is -4.58. The molecule has 1 saturated heterocycles. The number of nitrogens with zero attached hydrogens (tertiary/aromatic N) is 2. The van der Waals surface area contributed by atoms with E-state index < -0.39 is 29.0 Å². The second-order valence-corrected chi connectivity index (χ2v) is 5.34. The second-order valence-electron chi connectivity index (χ2n) is 4.40. The molecule has 0 radical (unpaired) electrons. The van der Waals surface area contributed by atoms with Gasteiger partial charge in [0.1, 0.15) is 0 Å². The molecule has 2 N–H and O–H groups in total. The average molecular weight is 327 g/mol. The molecule has 1 unspecified atom stereocenters. The van der Waals surface area contributed by atoms with E-state index in [1.807, 2.05) is 0 Å². The van der Waals surface area contributed by atoms with Crippen molar-refractivity contribution in [3.8, 4) is 5.19 Å². The number of carboxylic acids is 1. The molecule has 0 aromatic carbocycles. The first-order chi connectivity index (χ1) is 9.79. The van der Waals surface area contributed by atoms with Crippen LogP contribution in [0.5, 0.6) is 5.19 Å². The first kappa shape index (κ1) is 17.6. The van der Waals surface area contributed by atoms with Crippen molar-refractivity contribution in [3.63, 3.8) is 0 Å². The third kappa shape index (κ3) is 7.23. The molecule has 21 heavy (non-hydrogen) atoms. The van der Waals surface area contributed by atoms with E-state index in [9.17, 15) is 18.0 Å². The summed E-state index contributed by atoms with van der Waals surface area (Å²) < 4.78 is 40.2. The van der Waals surface area contributed by atoms with Crippen molar-refractivity contribution in [1.29, 1.82) is 0 Å². The van der Waals surface area contributed by atoms with Gasteiger partial charge in [-0.1, -0.05) is 22.9 Å². The lowest BCUT2D eigenvalue weighted by Gasteiger charge is -2.18. The van der Waals surface area contributed by atoms with Crippen molar-refractivity contribution in [2.45, 2.75) is 38.4 Å². The molecule has 1 atom stereocenters. The molecule has 0 amide bonds. The Hall–Kier alpha value is -1.42. The highest BCUT2D eigenvalue weighted by Gasteiger charge is 2.36. The molecule has 2 heterocycles. The fourth-order valence-electron chi connectivity index (χ4n) is 1.53. The summed E-state index contributed by atoms with van der Waals surface area (Å²) in [5.74, 6) is -1.30. The summed E-state index contributed by atoms with van der Waals surface area (Å²) >= 11 is 0.149. The second kappa shape index (κ2) is 8.13. The standard InChI is InChI=1S/C6H13N.C5H3F3N2O3S/c1-6-4-2-3-5-7-6;6-5(7,8)3-9-10-4(14-3)13-1-2(11)12/h6-7H,2-5H2,1H3;1H2,(H,11,12). The highest BCUT2D eigenvalue weighted by molar-refractivity contribution is 7.13. The summed E-state index contributed by atoms with van der Waals surface area (Å²) in [7, 11) is 0. The quantitative estimate of drug-likeness (QED) is 0.885. The fraction of sp³-hybridized carbons (Fsp3) is 0.727. The molecule has 1 aliphatic heterocycles. The van der Waals surface area contributed by atoms with Crippen molar-refractivity contribution >= 4 is 17.3 Å². The number of piperidine rings is 1. The number of ether oxygens (including phenoxy) is 1. The molecule has 0 bridgehead atoms. The van der Waals surface area contributed by atoms with Crippen LogP contribution in [-0.2, 0) is 11.0 Å². The molecule has 10 heteroatoms. The van der Waals surface area contributed by atoms with Gasteiger partial charge in [-0.3, -0.25) is 0 Å². The summed E-state index contributed by atoms with van der Waals surface area (Å²) in [5.41, 5.74) is 0. The SMILES string of the molecule is CC1CCCCN1.O=C(O)COc1nnc(C(F)(F)F)s1. The van der Waals surface area contributed by atoms with Crippen LogP contribution in [0.4, 0.5) is 13.2 Å². The van der Waals surface area contributed by atoms with E-state index in [4.69, 9.17) is 5.11 Å². The summed E-state index contributed by atoms with van der Waals surface area (Å²) in [6.07, 6.45) is -0.402. The maximum absolute atomic E-state index is 11.9. The van der Waals surface area contributed by atoms with Crippen LogP contribution in [0.3, 0.4) is 0 Å². The summed E-state index contributed by atoms with van der Waals surface area (Å²) in [6.45, 7) is 2.74. The highest BCUT2D eigenvalue weighted by atomic mass is 32.1. The Labute approximate surface area is 123 Å². The molecule has 1 fully saturated rings. The van der Waals surface area contributed by atoms with Gasteiger partial charge >= 0.3 is 12.1 Å². The van der Waals surface area contributed by atoms with Crippen molar-refractivity contribution in [1.82, 2.24) is 15.5 Å². The number of carboxylic acid groups (broad SMARTS) is 1. The Bertz CT molecular complexity index is 447. The number of alkyl halides is 3. The molecule has 0 saturated carbocycles. The molecular formula is C11H16F3N3O3S. The number of halogens is 3. The number of rotatable bonds is 3. The highest BCUT2D eigenvalue weighted by Crippen LogP contribution is 2.33. The van der Waals surface area contributed by atoms with Gasteiger partial charge in [0.05, 0.1) is 0 Å². The number of aliphatic carboxylic acids is 1. The van der Waals surface area contributed by atoms with Gasteiger partial charge < -0.3 is 15.2 Å². The molecule has 120 valence electrons. The van der Waals surface area contributed by atoms with E-state index in [0.717, 1.165) is 6.04 Å². The largest absolute Gasteiger partial charge is 0.479 e. The number of nitrogens with one attached hydrogen (secondary N) is 1. The normalized spacial score (nSPS) is 18.6. The van der Waals surface area contributed by atoms with E-state index in [1.54, 1.807) is 0 Å². The van der Waals surface area contributed by atoms with E-state index in [1.165, 1.54) is 25.8 Å². The van der Waals surface area contributed by atoms with Crippen molar-refractivity contribution in [2.75, 3.05) is 13.2 Å². The van der Waals surface area contributed by atoms with Gasteiger partial charge in [-0.2, -0.15) is 13.2 Å². The Morgan fingerprint density at radius 1 is 1.48 bits per heavy atom. The smallest absolute Gasteiger partial charge is 0.445 e.